The van der Waals surface area contributed by atoms with E-state index in [9.17, 15) is 4.79 Å². The van der Waals surface area contributed by atoms with E-state index < -0.39 is 0 Å². The molecule has 0 unspecified atom stereocenters. The van der Waals surface area contributed by atoms with Gasteiger partial charge in [-0.25, -0.2) is 0 Å². The van der Waals surface area contributed by atoms with E-state index in [2.05, 4.69) is 5.32 Å². The van der Waals surface area contributed by atoms with Crippen molar-refractivity contribution in [2.24, 2.45) is 0 Å². The number of nitrogens with one attached hydrogen (secondary N) is 1. The highest BCUT2D eigenvalue weighted by atomic mass is 16.5. The van der Waals surface area contributed by atoms with E-state index in [0.29, 0.717) is 18.9 Å². The molecular weight excluding hydrogens is 310 g/mol. The second kappa shape index (κ2) is 9.29. The van der Waals surface area contributed by atoms with Gasteiger partial charge < -0.3 is 24.3 Å². The number of amides is 1. The Balaban J connectivity index is 1.62. The highest BCUT2D eigenvalue weighted by Gasteiger charge is 2.03. The fourth-order valence-electron chi connectivity index (χ4n) is 1.90. The van der Waals surface area contributed by atoms with Gasteiger partial charge in [-0.3, -0.25) is 4.79 Å². The number of ether oxygens (including phenoxy) is 4. The summed E-state index contributed by atoms with van der Waals surface area (Å²) in [5.74, 6) is 2.64. The molecule has 2 aromatic carbocycles. The van der Waals surface area contributed by atoms with Crippen molar-refractivity contribution in [1.82, 2.24) is 5.32 Å². The van der Waals surface area contributed by atoms with Crippen LogP contribution < -0.4 is 24.3 Å². The first kappa shape index (κ1) is 17.5. The molecule has 2 aromatic rings. The molecule has 0 aromatic heterocycles. The van der Waals surface area contributed by atoms with E-state index >= 15 is 0 Å². The zero-order valence-electron chi connectivity index (χ0n) is 13.8. The maximum absolute atomic E-state index is 11.7. The molecule has 128 valence electrons. The smallest absolute Gasteiger partial charge is 0.258 e. The lowest BCUT2D eigenvalue weighted by atomic mass is 10.3. The second-order valence-corrected chi connectivity index (χ2v) is 4.84. The molecule has 0 aliphatic rings. The Morgan fingerprint density at radius 2 is 1.25 bits per heavy atom. The maximum Gasteiger partial charge on any atom is 0.258 e. The van der Waals surface area contributed by atoms with Crippen LogP contribution in [-0.4, -0.2) is 39.9 Å². The third-order valence-electron chi connectivity index (χ3n) is 3.18. The highest BCUT2D eigenvalue weighted by molar-refractivity contribution is 5.77. The van der Waals surface area contributed by atoms with Gasteiger partial charge in [0.2, 0.25) is 0 Å². The first-order valence-electron chi connectivity index (χ1n) is 7.51. The monoisotopic (exact) mass is 331 g/mol. The third-order valence-corrected chi connectivity index (χ3v) is 3.18. The minimum Gasteiger partial charge on any atom is -0.497 e. The molecule has 0 fully saturated rings. The van der Waals surface area contributed by atoms with Crippen LogP contribution in [0.15, 0.2) is 48.5 Å². The Hall–Kier alpha value is -2.89. The molecule has 24 heavy (non-hydrogen) atoms. The molecule has 6 nitrogen and oxygen atoms in total. The van der Waals surface area contributed by atoms with Gasteiger partial charge in [0.25, 0.3) is 5.91 Å². The summed E-state index contributed by atoms with van der Waals surface area (Å²) in [5, 5.41) is 2.73. The van der Waals surface area contributed by atoms with E-state index in [-0.39, 0.29) is 12.5 Å². The van der Waals surface area contributed by atoms with Crippen LogP contribution in [-0.2, 0) is 4.79 Å². The Labute approximate surface area is 141 Å². The Morgan fingerprint density at radius 3 is 1.75 bits per heavy atom. The van der Waals surface area contributed by atoms with Crippen molar-refractivity contribution in [1.29, 1.82) is 0 Å². The normalized spacial score (nSPS) is 9.92. The highest BCUT2D eigenvalue weighted by Crippen LogP contribution is 2.17. The first-order valence-corrected chi connectivity index (χ1v) is 7.51. The van der Waals surface area contributed by atoms with Crippen LogP contribution in [0.4, 0.5) is 0 Å². The van der Waals surface area contributed by atoms with Crippen molar-refractivity contribution in [3.05, 3.63) is 48.5 Å². The molecule has 2 rings (SSSR count). The van der Waals surface area contributed by atoms with E-state index in [1.807, 2.05) is 24.3 Å². The van der Waals surface area contributed by atoms with Gasteiger partial charge in [-0.15, -0.1) is 0 Å². The van der Waals surface area contributed by atoms with Gasteiger partial charge in [0, 0.05) is 0 Å². The van der Waals surface area contributed by atoms with E-state index in [0.717, 1.165) is 17.2 Å². The van der Waals surface area contributed by atoms with Crippen LogP contribution >= 0.6 is 0 Å². The fourth-order valence-corrected chi connectivity index (χ4v) is 1.90. The number of methoxy groups -OCH3 is 2. The van der Waals surface area contributed by atoms with Crippen molar-refractivity contribution in [2.75, 3.05) is 34.0 Å². The van der Waals surface area contributed by atoms with Crippen LogP contribution in [0.25, 0.3) is 0 Å². The standard InChI is InChI=1S/C18H21NO5/c1-21-14-3-7-16(8-4-14)23-12-11-19-18(20)13-24-17-9-5-15(22-2)6-10-17/h3-10H,11-13H2,1-2H3,(H,19,20). The van der Waals surface area contributed by atoms with E-state index in [1.54, 1.807) is 38.5 Å². The lowest BCUT2D eigenvalue weighted by Gasteiger charge is -2.09. The fraction of sp³-hybridized carbons (Fsp3) is 0.278. The molecule has 0 radical (unpaired) electrons. The number of benzene rings is 2. The summed E-state index contributed by atoms with van der Waals surface area (Å²) in [6.07, 6.45) is 0. The lowest BCUT2D eigenvalue weighted by molar-refractivity contribution is -0.123. The van der Waals surface area contributed by atoms with E-state index in [1.165, 1.54) is 0 Å². The van der Waals surface area contributed by atoms with Crippen LogP contribution in [0.2, 0.25) is 0 Å². The molecular formula is C18H21NO5. The average Bonchev–Trinajstić information content (AvgIpc) is 2.64. The van der Waals surface area contributed by atoms with Gasteiger partial charge in [0.05, 0.1) is 20.8 Å². The molecule has 0 heterocycles. The molecule has 0 aliphatic heterocycles. The molecule has 0 atom stereocenters. The zero-order chi connectivity index (χ0) is 17.2. The van der Waals surface area contributed by atoms with Gasteiger partial charge in [-0.2, -0.15) is 0 Å². The summed E-state index contributed by atoms with van der Waals surface area (Å²) in [5.41, 5.74) is 0. The van der Waals surface area contributed by atoms with Crippen molar-refractivity contribution >= 4 is 5.91 Å². The molecule has 6 heteroatoms. The van der Waals surface area contributed by atoms with Crippen LogP contribution in [0.5, 0.6) is 23.0 Å². The van der Waals surface area contributed by atoms with Crippen LogP contribution in [0, 0.1) is 0 Å². The molecule has 0 saturated heterocycles. The summed E-state index contributed by atoms with van der Waals surface area (Å²) in [6, 6.07) is 14.3. The average molecular weight is 331 g/mol. The van der Waals surface area contributed by atoms with Crippen LogP contribution in [0.3, 0.4) is 0 Å². The molecule has 0 saturated carbocycles. The molecule has 0 spiro atoms. The van der Waals surface area contributed by atoms with Crippen molar-refractivity contribution in [2.45, 2.75) is 0 Å². The predicted molar refractivity (Wildman–Crippen MR) is 90.0 cm³/mol. The summed E-state index contributed by atoms with van der Waals surface area (Å²) in [7, 11) is 3.21. The summed E-state index contributed by atoms with van der Waals surface area (Å²) in [4.78, 5) is 11.7. The largest absolute Gasteiger partial charge is 0.497 e. The topological polar surface area (TPSA) is 66.0 Å². The van der Waals surface area contributed by atoms with Gasteiger partial charge in [0.15, 0.2) is 6.61 Å². The molecule has 1 N–H and O–H groups in total. The second-order valence-electron chi connectivity index (χ2n) is 4.84. The predicted octanol–water partition coefficient (Wildman–Crippen LogP) is 2.28. The lowest BCUT2D eigenvalue weighted by Crippen LogP contribution is -2.32. The van der Waals surface area contributed by atoms with Crippen molar-refractivity contribution in [3.8, 4) is 23.0 Å². The summed E-state index contributed by atoms with van der Waals surface area (Å²) in [6.45, 7) is 0.728. The first-order chi connectivity index (χ1) is 11.7. The van der Waals surface area contributed by atoms with Crippen LogP contribution in [0.1, 0.15) is 0 Å². The summed E-state index contributed by atoms with van der Waals surface area (Å²) < 4.78 is 21.0. The van der Waals surface area contributed by atoms with Gasteiger partial charge in [0.1, 0.15) is 29.6 Å². The number of rotatable bonds is 9. The van der Waals surface area contributed by atoms with Gasteiger partial charge in [-0.05, 0) is 48.5 Å². The SMILES string of the molecule is COc1ccc(OCCNC(=O)COc2ccc(OC)cc2)cc1. The Kier molecular flexibility index (Phi) is 6.76. The number of hydrogen-bond donors (Lipinski definition) is 1. The van der Waals surface area contributed by atoms with Crippen molar-refractivity contribution < 1.29 is 23.7 Å². The zero-order valence-corrected chi connectivity index (χ0v) is 13.8. The molecule has 0 aliphatic carbocycles. The minimum absolute atomic E-state index is 0.0468. The number of hydrogen-bond acceptors (Lipinski definition) is 5. The van der Waals surface area contributed by atoms with Gasteiger partial charge in [-0.1, -0.05) is 0 Å². The maximum atomic E-state index is 11.7. The summed E-state index contributed by atoms with van der Waals surface area (Å²) >= 11 is 0. The Bertz CT molecular complexity index is 625. The Morgan fingerprint density at radius 1 is 0.792 bits per heavy atom. The quantitative estimate of drug-likeness (QED) is 0.714. The van der Waals surface area contributed by atoms with Crippen molar-refractivity contribution in [3.63, 3.8) is 0 Å². The molecule has 1 amide bonds. The minimum atomic E-state index is -0.204. The third kappa shape index (κ3) is 5.72. The number of carbonyl (C=O) groups excluding carboxylic acids is 1. The molecule has 0 bridgehead atoms. The van der Waals surface area contributed by atoms with E-state index in [4.69, 9.17) is 18.9 Å². The number of carbonyl (C=O) groups is 1. The van der Waals surface area contributed by atoms with Gasteiger partial charge >= 0.3 is 0 Å².